The fourth-order valence-corrected chi connectivity index (χ4v) is 3.07. The number of hydrogen-bond donors (Lipinski definition) is 2. The molecule has 1 aliphatic heterocycles. The molecular weight excluding hydrogens is 319 g/mol. The summed E-state index contributed by atoms with van der Waals surface area (Å²) in [7, 11) is 1.60. The summed E-state index contributed by atoms with van der Waals surface area (Å²) in [6.07, 6.45) is 1.42. The molecule has 0 aromatic heterocycles. The molecule has 1 aliphatic rings. The second kappa shape index (κ2) is 9.21. The van der Waals surface area contributed by atoms with Gasteiger partial charge in [0.05, 0.1) is 6.04 Å². The van der Waals surface area contributed by atoms with Crippen LogP contribution in [-0.2, 0) is 9.53 Å². The van der Waals surface area contributed by atoms with E-state index in [9.17, 15) is 9.18 Å². The van der Waals surface area contributed by atoms with Gasteiger partial charge in [-0.2, -0.15) is 0 Å². The Bertz CT molecular complexity index is 498. The van der Waals surface area contributed by atoms with E-state index in [1.165, 1.54) is 12.1 Å². The second-order valence-electron chi connectivity index (χ2n) is 6.08. The number of carbonyl (C=O) groups excluding carboxylic acids is 1. The first-order valence-electron chi connectivity index (χ1n) is 7.83. The van der Waals surface area contributed by atoms with E-state index in [1.54, 1.807) is 19.2 Å². The lowest BCUT2D eigenvalue weighted by molar-refractivity contribution is -0.127. The van der Waals surface area contributed by atoms with Gasteiger partial charge in [0.1, 0.15) is 11.9 Å². The lowest BCUT2D eigenvalue weighted by Gasteiger charge is -2.30. The van der Waals surface area contributed by atoms with Crippen LogP contribution in [0.25, 0.3) is 0 Å². The molecule has 4 atom stereocenters. The molecule has 0 aliphatic carbocycles. The second-order valence-corrected chi connectivity index (χ2v) is 6.08. The van der Waals surface area contributed by atoms with Gasteiger partial charge in [0.25, 0.3) is 0 Å². The normalized spacial score (nSPS) is 23.5. The molecule has 0 spiro atoms. The van der Waals surface area contributed by atoms with Crippen LogP contribution in [0.15, 0.2) is 24.3 Å². The topological polar surface area (TPSA) is 50.4 Å². The van der Waals surface area contributed by atoms with Gasteiger partial charge in [-0.1, -0.05) is 12.1 Å². The van der Waals surface area contributed by atoms with Gasteiger partial charge in [-0.05, 0) is 50.9 Å². The zero-order valence-corrected chi connectivity index (χ0v) is 14.7. The molecular formula is C17H26ClFN2O2. The number of halogens is 2. The Kier molecular flexibility index (Phi) is 7.95. The first kappa shape index (κ1) is 19.9. The molecule has 0 bridgehead atoms. The molecule has 6 heteroatoms. The summed E-state index contributed by atoms with van der Waals surface area (Å²) in [6, 6.07) is 6.40. The van der Waals surface area contributed by atoms with E-state index in [-0.39, 0.29) is 42.2 Å². The summed E-state index contributed by atoms with van der Waals surface area (Å²) in [6.45, 7) is 4.89. The number of ether oxygens (including phenoxy) is 1. The monoisotopic (exact) mass is 344 g/mol. The maximum Gasteiger partial charge on any atom is 0.223 e. The summed E-state index contributed by atoms with van der Waals surface area (Å²) < 4.78 is 18.5. The van der Waals surface area contributed by atoms with Crippen LogP contribution in [0.5, 0.6) is 0 Å². The molecule has 1 aromatic rings. The van der Waals surface area contributed by atoms with Crippen LogP contribution in [0.3, 0.4) is 0 Å². The van der Waals surface area contributed by atoms with Crippen LogP contribution in [0, 0.1) is 11.7 Å². The smallest absolute Gasteiger partial charge is 0.223 e. The van der Waals surface area contributed by atoms with Crippen LogP contribution in [0.2, 0.25) is 0 Å². The van der Waals surface area contributed by atoms with Gasteiger partial charge >= 0.3 is 0 Å². The fraction of sp³-hybridized carbons (Fsp3) is 0.588. The Balaban J connectivity index is 0.00000264. The summed E-state index contributed by atoms with van der Waals surface area (Å²) in [5, 5.41) is 6.39. The molecule has 130 valence electrons. The maximum atomic E-state index is 13.0. The first-order valence-corrected chi connectivity index (χ1v) is 7.83. The lowest BCUT2D eigenvalue weighted by atomic mass is 9.92. The van der Waals surface area contributed by atoms with E-state index < -0.39 is 0 Å². The average Bonchev–Trinajstić information content (AvgIpc) is 2.50. The minimum atomic E-state index is -0.288. The third-order valence-corrected chi connectivity index (χ3v) is 4.27. The highest BCUT2D eigenvalue weighted by Crippen LogP contribution is 2.22. The van der Waals surface area contributed by atoms with Crippen molar-refractivity contribution in [2.24, 2.45) is 5.92 Å². The SMILES string of the molecule is COC(c1ccc(F)cc1)C(C)NC(=O)[C@H]1CCN[C@@H](C)C1.Cl. The van der Waals surface area contributed by atoms with Crippen molar-refractivity contribution in [1.29, 1.82) is 0 Å². The van der Waals surface area contributed by atoms with Crippen molar-refractivity contribution in [3.05, 3.63) is 35.6 Å². The van der Waals surface area contributed by atoms with E-state index in [1.807, 2.05) is 6.92 Å². The number of carbonyl (C=O) groups is 1. The van der Waals surface area contributed by atoms with Crippen molar-refractivity contribution in [2.75, 3.05) is 13.7 Å². The standard InChI is InChI=1S/C17H25FN2O2.ClH/c1-11-10-14(8-9-19-11)17(21)20-12(2)16(22-3)13-4-6-15(18)7-5-13;/h4-7,11-12,14,16,19H,8-10H2,1-3H3,(H,20,21);1H/t11-,12?,14-,16?;/m0./s1. The minimum Gasteiger partial charge on any atom is -0.375 e. The molecule has 1 amide bonds. The van der Waals surface area contributed by atoms with Gasteiger partial charge in [0.2, 0.25) is 5.91 Å². The lowest BCUT2D eigenvalue weighted by Crippen LogP contribution is -2.46. The summed E-state index contributed by atoms with van der Waals surface area (Å²) in [5.74, 6) is -0.159. The highest BCUT2D eigenvalue weighted by Gasteiger charge is 2.28. The van der Waals surface area contributed by atoms with Gasteiger partial charge in [-0.25, -0.2) is 4.39 Å². The Morgan fingerprint density at radius 2 is 2.04 bits per heavy atom. The number of benzene rings is 1. The van der Waals surface area contributed by atoms with E-state index in [2.05, 4.69) is 17.6 Å². The molecule has 1 heterocycles. The Morgan fingerprint density at radius 3 is 2.61 bits per heavy atom. The maximum absolute atomic E-state index is 13.0. The fourth-order valence-electron chi connectivity index (χ4n) is 3.07. The third-order valence-electron chi connectivity index (χ3n) is 4.27. The number of piperidine rings is 1. The highest BCUT2D eigenvalue weighted by atomic mass is 35.5. The molecule has 0 radical (unpaired) electrons. The summed E-state index contributed by atoms with van der Waals surface area (Å²) >= 11 is 0. The van der Waals surface area contributed by atoms with Crippen LogP contribution < -0.4 is 10.6 Å². The van der Waals surface area contributed by atoms with Crippen molar-refractivity contribution in [3.63, 3.8) is 0 Å². The molecule has 1 fully saturated rings. The molecule has 2 N–H and O–H groups in total. The zero-order valence-electron chi connectivity index (χ0n) is 13.8. The van der Waals surface area contributed by atoms with Crippen molar-refractivity contribution in [3.8, 4) is 0 Å². The van der Waals surface area contributed by atoms with Gasteiger partial charge in [0.15, 0.2) is 0 Å². The Labute approximate surface area is 143 Å². The molecule has 0 saturated carbocycles. The van der Waals surface area contributed by atoms with E-state index in [0.29, 0.717) is 6.04 Å². The molecule has 2 unspecified atom stereocenters. The Morgan fingerprint density at radius 1 is 1.39 bits per heavy atom. The van der Waals surface area contributed by atoms with Crippen LogP contribution in [-0.4, -0.2) is 31.6 Å². The molecule has 1 aromatic carbocycles. The molecule has 23 heavy (non-hydrogen) atoms. The van der Waals surface area contributed by atoms with Gasteiger partial charge in [-0.3, -0.25) is 4.79 Å². The number of rotatable bonds is 5. The Hall–Kier alpha value is -1.17. The minimum absolute atomic E-state index is 0. The zero-order chi connectivity index (χ0) is 16.1. The summed E-state index contributed by atoms with van der Waals surface area (Å²) in [5.41, 5.74) is 0.857. The summed E-state index contributed by atoms with van der Waals surface area (Å²) in [4.78, 5) is 12.4. The third kappa shape index (κ3) is 5.44. The first-order chi connectivity index (χ1) is 10.5. The number of methoxy groups -OCH3 is 1. The van der Waals surface area contributed by atoms with Gasteiger partial charge in [-0.15, -0.1) is 12.4 Å². The molecule has 1 saturated heterocycles. The van der Waals surface area contributed by atoms with Crippen LogP contribution in [0.4, 0.5) is 4.39 Å². The van der Waals surface area contributed by atoms with Gasteiger partial charge in [0, 0.05) is 19.1 Å². The highest BCUT2D eigenvalue weighted by molar-refractivity contribution is 5.85. The number of nitrogens with one attached hydrogen (secondary N) is 2. The quantitative estimate of drug-likeness (QED) is 0.863. The predicted molar refractivity (Wildman–Crippen MR) is 91.2 cm³/mol. The largest absolute Gasteiger partial charge is 0.375 e. The van der Waals surface area contributed by atoms with Crippen molar-refractivity contribution in [1.82, 2.24) is 10.6 Å². The van der Waals surface area contributed by atoms with E-state index >= 15 is 0 Å². The van der Waals surface area contributed by atoms with Gasteiger partial charge < -0.3 is 15.4 Å². The van der Waals surface area contributed by atoms with Crippen LogP contribution in [0.1, 0.15) is 38.4 Å². The molecule has 2 rings (SSSR count). The van der Waals surface area contributed by atoms with Crippen molar-refractivity contribution in [2.45, 2.75) is 44.9 Å². The van der Waals surface area contributed by atoms with Crippen LogP contribution >= 0.6 is 12.4 Å². The molecule has 4 nitrogen and oxygen atoms in total. The van der Waals surface area contributed by atoms with Crippen molar-refractivity contribution >= 4 is 18.3 Å². The predicted octanol–water partition coefficient (Wildman–Crippen LogP) is 2.83. The number of hydrogen-bond acceptors (Lipinski definition) is 3. The number of amides is 1. The van der Waals surface area contributed by atoms with E-state index in [0.717, 1.165) is 24.9 Å². The van der Waals surface area contributed by atoms with E-state index in [4.69, 9.17) is 4.74 Å². The van der Waals surface area contributed by atoms with Crippen molar-refractivity contribution < 1.29 is 13.9 Å². The average molecular weight is 345 g/mol.